The lowest BCUT2D eigenvalue weighted by molar-refractivity contribution is -0.114. The first kappa shape index (κ1) is 21.6. The lowest BCUT2D eigenvalue weighted by Gasteiger charge is -2.22. The van der Waals surface area contributed by atoms with E-state index in [9.17, 15) is 26.8 Å². The van der Waals surface area contributed by atoms with E-state index in [1.807, 2.05) is 0 Å². The minimum Gasteiger partial charge on any atom is -0.465 e. The van der Waals surface area contributed by atoms with Crippen molar-refractivity contribution in [1.29, 1.82) is 0 Å². The van der Waals surface area contributed by atoms with Crippen LogP contribution in [0.4, 0.5) is 20.2 Å². The Labute approximate surface area is 164 Å². The molecule has 28 heavy (non-hydrogen) atoms. The second kappa shape index (κ2) is 8.53. The maximum Gasteiger partial charge on any atom is 0.337 e. The van der Waals surface area contributed by atoms with Crippen LogP contribution in [0.2, 0.25) is 5.02 Å². The Kier molecular flexibility index (Phi) is 6.57. The van der Waals surface area contributed by atoms with E-state index < -0.39 is 45.8 Å². The molecule has 0 spiro atoms. The maximum atomic E-state index is 14.0. The Morgan fingerprint density at radius 1 is 1.18 bits per heavy atom. The number of ether oxygens (including phenoxy) is 1. The zero-order chi connectivity index (χ0) is 21.1. The maximum absolute atomic E-state index is 14.0. The molecule has 0 heterocycles. The number of hydrogen-bond acceptors (Lipinski definition) is 5. The van der Waals surface area contributed by atoms with E-state index in [1.54, 1.807) is 0 Å². The third-order valence-electron chi connectivity index (χ3n) is 3.53. The summed E-state index contributed by atoms with van der Waals surface area (Å²) in [6.45, 7) is -0.805. The highest BCUT2D eigenvalue weighted by molar-refractivity contribution is 7.92. The summed E-state index contributed by atoms with van der Waals surface area (Å²) < 4.78 is 56.2. The van der Waals surface area contributed by atoms with Crippen LogP contribution in [0.25, 0.3) is 0 Å². The van der Waals surface area contributed by atoms with Crippen LogP contribution in [0.1, 0.15) is 10.4 Å². The Hall–Kier alpha value is -2.72. The van der Waals surface area contributed by atoms with Gasteiger partial charge in [-0.15, -0.1) is 0 Å². The topological polar surface area (TPSA) is 92.8 Å². The molecule has 0 aliphatic heterocycles. The second-order valence-corrected chi connectivity index (χ2v) is 7.91. The van der Waals surface area contributed by atoms with Gasteiger partial charge in [0.05, 0.1) is 35.3 Å². The number of methoxy groups -OCH3 is 1. The Morgan fingerprint density at radius 3 is 2.43 bits per heavy atom. The molecule has 150 valence electrons. The summed E-state index contributed by atoms with van der Waals surface area (Å²) in [4.78, 5) is 23.9. The van der Waals surface area contributed by atoms with Crippen molar-refractivity contribution in [2.75, 3.05) is 29.5 Å². The number of halogens is 3. The zero-order valence-corrected chi connectivity index (χ0v) is 16.3. The van der Waals surface area contributed by atoms with Crippen LogP contribution in [0.5, 0.6) is 0 Å². The summed E-state index contributed by atoms with van der Waals surface area (Å²) >= 11 is 5.97. The number of nitrogens with zero attached hydrogens (tertiary/aromatic N) is 1. The molecule has 0 aliphatic rings. The molecule has 0 unspecified atom stereocenters. The van der Waals surface area contributed by atoms with E-state index in [2.05, 4.69) is 10.1 Å². The lowest BCUT2D eigenvalue weighted by Crippen LogP contribution is -2.38. The molecule has 1 N–H and O–H groups in total. The van der Waals surface area contributed by atoms with Gasteiger partial charge in [0.1, 0.15) is 18.2 Å². The Balaban J connectivity index is 2.29. The molecule has 0 saturated heterocycles. The predicted molar refractivity (Wildman–Crippen MR) is 100.0 cm³/mol. The van der Waals surface area contributed by atoms with Crippen LogP contribution in [-0.2, 0) is 19.6 Å². The van der Waals surface area contributed by atoms with Gasteiger partial charge in [-0.3, -0.25) is 9.10 Å². The standard InChI is InChI=1S/C17H15ClF2N2O5S/c1-27-17(24)10-3-5-12(18)14(7-10)21-16(23)9-22(28(2,25)26)15-6-4-11(19)8-13(15)20/h3-8H,9H2,1-2H3,(H,21,23). The van der Waals surface area contributed by atoms with Crippen LogP contribution in [0.15, 0.2) is 36.4 Å². The molecule has 0 fully saturated rings. The first-order valence-corrected chi connectivity index (χ1v) is 9.86. The molecular formula is C17H15ClF2N2O5S. The highest BCUT2D eigenvalue weighted by atomic mass is 35.5. The minimum absolute atomic E-state index is 0.0302. The highest BCUT2D eigenvalue weighted by Crippen LogP contribution is 2.25. The quantitative estimate of drug-likeness (QED) is 0.708. The summed E-state index contributed by atoms with van der Waals surface area (Å²) in [6, 6.07) is 6.24. The van der Waals surface area contributed by atoms with Crippen molar-refractivity contribution in [1.82, 2.24) is 0 Å². The van der Waals surface area contributed by atoms with Gasteiger partial charge in [-0.05, 0) is 30.3 Å². The SMILES string of the molecule is COC(=O)c1ccc(Cl)c(NC(=O)CN(c2ccc(F)cc2F)S(C)(=O)=O)c1. The van der Waals surface area contributed by atoms with Gasteiger partial charge in [-0.2, -0.15) is 0 Å². The number of benzene rings is 2. The molecule has 1 amide bonds. The molecule has 0 saturated carbocycles. The predicted octanol–water partition coefficient (Wildman–Crippen LogP) is 2.81. The molecule has 0 atom stereocenters. The monoisotopic (exact) mass is 432 g/mol. The number of amides is 1. The van der Waals surface area contributed by atoms with Crippen molar-refractivity contribution < 1.29 is 31.5 Å². The Bertz CT molecular complexity index is 1030. The normalized spacial score (nSPS) is 11.0. The summed E-state index contributed by atoms with van der Waals surface area (Å²) in [5, 5.41) is 2.43. The third kappa shape index (κ3) is 5.17. The number of rotatable bonds is 6. The molecule has 0 radical (unpaired) electrons. The van der Waals surface area contributed by atoms with E-state index in [1.165, 1.54) is 25.3 Å². The van der Waals surface area contributed by atoms with Crippen LogP contribution >= 0.6 is 11.6 Å². The fraction of sp³-hybridized carbons (Fsp3) is 0.176. The Morgan fingerprint density at radius 2 is 1.86 bits per heavy atom. The van der Waals surface area contributed by atoms with Gasteiger partial charge in [-0.1, -0.05) is 11.6 Å². The number of anilines is 2. The van der Waals surface area contributed by atoms with Gasteiger partial charge in [-0.25, -0.2) is 22.0 Å². The highest BCUT2D eigenvalue weighted by Gasteiger charge is 2.24. The van der Waals surface area contributed by atoms with Crippen LogP contribution in [-0.4, -0.2) is 40.2 Å². The van der Waals surface area contributed by atoms with Crippen molar-refractivity contribution in [3.8, 4) is 0 Å². The van der Waals surface area contributed by atoms with Crippen LogP contribution in [0.3, 0.4) is 0 Å². The van der Waals surface area contributed by atoms with Crippen molar-refractivity contribution in [2.45, 2.75) is 0 Å². The van der Waals surface area contributed by atoms with E-state index >= 15 is 0 Å². The van der Waals surface area contributed by atoms with Gasteiger partial charge in [0.2, 0.25) is 15.9 Å². The number of sulfonamides is 1. The van der Waals surface area contributed by atoms with Gasteiger partial charge in [0.25, 0.3) is 0 Å². The summed E-state index contributed by atoms with van der Waals surface area (Å²) in [7, 11) is -2.90. The fourth-order valence-corrected chi connectivity index (χ4v) is 3.27. The molecule has 7 nitrogen and oxygen atoms in total. The van der Waals surface area contributed by atoms with Crippen molar-refractivity contribution in [2.24, 2.45) is 0 Å². The van der Waals surface area contributed by atoms with Gasteiger partial charge in [0.15, 0.2) is 0 Å². The van der Waals surface area contributed by atoms with Crippen LogP contribution in [0, 0.1) is 11.6 Å². The van der Waals surface area contributed by atoms with Crippen molar-refractivity contribution >= 4 is 44.9 Å². The number of hydrogen-bond donors (Lipinski definition) is 1. The average Bonchev–Trinajstić information content (AvgIpc) is 2.60. The lowest BCUT2D eigenvalue weighted by atomic mass is 10.2. The minimum atomic E-state index is -4.07. The molecule has 2 rings (SSSR count). The first-order chi connectivity index (χ1) is 13.0. The zero-order valence-electron chi connectivity index (χ0n) is 14.7. The number of carbonyl (C=O) groups is 2. The number of esters is 1. The summed E-state index contributed by atoms with van der Waals surface area (Å²) in [5.41, 5.74) is -0.359. The van der Waals surface area contributed by atoms with E-state index in [4.69, 9.17) is 11.6 Å². The van der Waals surface area contributed by atoms with Gasteiger partial charge >= 0.3 is 5.97 Å². The molecule has 2 aromatic carbocycles. The van der Waals surface area contributed by atoms with E-state index in [0.717, 1.165) is 18.4 Å². The average molecular weight is 433 g/mol. The van der Waals surface area contributed by atoms with Crippen LogP contribution < -0.4 is 9.62 Å². The number of carbonyl (C=O) groups excluding carboxylic acids is 2. The molecular weight excluding hydrogens is 418 g/mol. The van der Waals surface area contributed by atoms with Gasteiger partial charge < -0.3 is 10.1 Å². The molecule has 0 aromatic heterocycles. The van der Waals surface area contributed by atoms with E-state index in [0.29, 0.717) is 10.4 Å². The summed E-state index contributed by atoms with van der Waals surface area (Å²) in [5.74, 6) is -3.58. The third-order valence-corrected chi connectivity index (χ3v) is 4.98. The molecule has 11 heteroatoms. The largest absolute Gasteiger partial charge is 0.465 e. The van der Waals surface area contributed by atoms with Crippen molar-refractivity contribution in [3.63, 3.8) is 0 Å². The molecule has 0 aliphatic carbocycles. The fourth-order valence-electron chi connectivity index (χ4n) is 2.25. The molecule has 2 aromatic rings. The summed E-state index contributed by atoms with van der Waals surface area (Å²) in [6.07, 6.45) is 0.772. The molecule has 0 bridgehead atoms. The first-order valence-electron chi connectivity index (χ1n) is 7.63. The second-order valence-electron chi connectivity index (χ2n) is 5.60. The van der Waals surface area contributed by atoms with Gasteiger partial charge in [0, 0.05) is 6.07 Å². The van der Waals surface area contributed by atoms with E-state index in [-0.39, 0.29) is 16.3 Å². The smallest absolute Gasteiger partial charge is 0.337 e. The van der Waals surface area contributed by atoms with Crippen molar-refractivity contribution in [3.05, 3.63) is 58.6 Å². The number of nitrogens with one attached hydrogen (secondary N) is 1.